The number of hydrogen-bond acceptors (Lipinski definition) is 2. The van der Waals surface area contributed by atoms with Crippen LogP contribution < -0.4 is 5.32 Å². The lowest BCUT2D eigenvalue weighted by Gasteiger charge is -2.32. The first kappa shape index (κ1) is 12.4. The standard InChI is InChI=1S/C14H27NO/c1-3-15-13-4-7-14(2,11-13)10-12-5-8-16-9-6-12/h12-13,15H,3-11H2,1-2H3. The number of hydrogen-bond donors (Lipinski definition) is 1. The van der Waals surface area contributed by atoms with Crippen LogP contribution in [0.1, 0.15) is 52.4 Å². The Kier molecular flexibility index (Phi) is 4.26. The third-order valence-electron chi connectivity index (χ3n) is 4.45. The van der Waals surface area contributed by atoms with Gasteiger partial charge >= 0.3 is 0 Å². The first-order valence-corrected chi connectivity index (χ1v) is 7.03. The Hall–Kier alpha value is -0.0800. The van der Waals surface area contributed by atoms with Gasteiger partial charge in [0.2, 0.25) is 0 Å². The molecule has 0 spiro atoms. The van der Waals surface area contributed by atoms with E-state index < -0.39 is 0 Å². The van der Waals surface area contributed by atoms with E-state index >= 15 is 0 Å². The van der Waals surface area contributed by atoms with Crippen LogP contribution >= 0.6 is 0 Å². The van der Waals surface area contributed by atoms with E-state index in [2.05, 4.69) is 19.2 Å². The molecule has 94 valence electrons. The predicted octanol–water partition coefficient (Wildman–Crippen LogP) is 2.97. The Bertz CT molecular complexity index is 213. The SMILES string of the molecule is CCNC1CCC(C)(CC2CCOCC2)C1. The van der Waals surface area contributed by atoms with Gasteiger partial charge in [-0.15, -0.1) is 0 Å². The quantitative estimate of drug-likeness (QED) is 0.794. The van der Waals surface area contributed by atoms with Crippen LogP contribution in [0.5, 0.6) is 0 Å². The summed E-state index contributed by atoms with van der Waals surface area (Å²) in [7, 11) is 0. The van der Waals surface area contributed by atoms with Crippen LogP contribution in [0.3, 0.4) is 0 Å². The molecule has 0 bridgehead atoms. The summed E-state index contributed by atoms with van der Waals surface area (Å²) in [5.74, 6) is 0.930. The van der Waals surface area contributed by atoms with Crippen molar-refractivity contribution in [3.63, 3.8) is 0 Å². The van der Waals surface area contributed by atoms with Crippen LogP contribution in [0.2, 0.25) is 0 Å². The monoisotopic (exact) mass is 225 g/mol. The molecule has 1 heterocycles. The van der Waals surface area contributed by atoms with Crippen molar-refractivity contribution in [3.05, 3.63) is 0 Å². The molecule has 2 rings (SSSR count). The van der Waals surface area contributed by atoms with Crippen LogP contribution in [-0.2, 0) is 4.74 Å². The van der Waals surface area contributed by atoms with Gasteiger partial charge in [0, 0.05) is 19.3 Å². The summed E-state index contributed by atoms with van der Waals surface area (Å²) in [6.07, 6.45) is 8.20. The van der Waals surface area contributed by atoms with Gasteiger partial charge in [0.1, 0.15) is 0 Å². The van der Waals surface area contributed by atoms with Gasteiger partial charge in [-0.3, -0.25) is 0 Å². The Morgan fingerprint density at radius 2 is 2.00 bits per heavy atom. The molecule has 2 unspecified atom stereocenters. The molecule has 2 fully saturated rings. The van der Waals surface area contributed by atoms with E-state index in [0.29, 0.717) is 5.41 Å². The molecule has 1 aliphatic heterocycles. The highest BCUT2D eigenvalue weighted by Gasteiger charge is 2.36. The van der Waals surface area contributed by atoms with E-state index in [-0.39, 0.29) is 0 Å². The van der Waals surface area contributed by atoms with Crippen LogP contribution in [0.25, 0.3) is 0 Å². The van der Waals surface area contributed by atoms with Crippen molar-refractivity contribution in [2.24, 2.45) is 11.3 Å². The Balaban J connectivity index is 1.79. The second-order valence-electron chi connectivity index (χ2n) is 6.07. The highest BCUT2D eigenvalue weighted by molar-refractivity contribution is 4.90. The summed E-state index contributed by atoms with van der Waals surface area (Å²) in [4.78, 5) is 0. The summed E-state index contributed by atoms with van der Waals surface area (Å²) < 4.78 is 5.44. The Labute approximate surface area is 100 Å². The molecule has 1 N–H and O–H groups in total. The molecular formula is C14H27NO. The van der Waals surface area contributed by atoms with E-state index in [9.17, 15) is 0 Å². The summed E-state index contributed by atoms with van der Waals surface area (Å²) in [5, 5.41) is 3.61. The fourth-order valence-electron chi connectivity index (χ4n) is 3.62. The Morgan fingerprint density at radius 3 is 2.69 bits per heavy atom. The smallest absolute Gasteiger partial charge is 0.0468 e. The van der Waals surface area contributed by atoms with Crippen molar-refractivity contribution in [3.8, 4) is 0 Å². The first-order valence-electron chi connectivity index (χ1n) is 7.03. The average Bonchev–Trinajstić information content (AvgIpc) is 2.62. The molecule has 2 atom stereocenters. The molecule has 0 amide bonds. The first-order chi connectivity index (χ1) is 7.72. The topological polar surface area (TPSA) is 21.3 Å². The Morgan fingerprint density at radius 1 is 1.25 bits per heavy atom. The second-order valence-corrected chi connectivity index (χ2v) is 6.07. The largest absolute Gasteiger partial charge is 0.381 e. The normalized spacial score (nSPS) is 36.8. The van der Waals surface area contributed by atoms with Gasteiger partial charge in [0.15, 0.2) is 0 Å². The highest BCUT2D eigenvalue weighted by atomic mass is 16.5. The number of nitrogens with one attached hydrogen (secondary N) is 1. The van der Waals surface area contributed by atoms with Gasteiger partial charge in [-0.25, -0.2) is 0 Å². The van der Waals surface area contributed by atoms with Crippen LogP contribution in [-0.4, -0.2) is 25.8 Å². The van der Waals surface area contributed by atoms with Crippen LogP contribution in [0, 0.1) is 11.3 Å². The molecular weight excluding hydrogens is 198 g/mol. The van der Waals surface area contributed by atoms with Crippen molar-refractivity contribution >= 4 is 0 Å². The molecule has 1 aliphatic carbocycles. The molecule has 0 aromatic carbocycles. The van der Waals surface area contributed by atoms with Gasteiger partial charge in [0.05, 0.1) is 0 Å². The highest BCUT2D eigenvalue weighted by Crippen LogP contribution is 2.44. The lowest BCUT2D eigenvalue weighted by Crippen LogP contribution is -2.29. The van der Waals surface area contributed by atoms with E-state index in [4.69, 9.17) is 4.74 Å². The zero-order valence-electron chi connectivity index (χ0n) is 10.9. The second kappa shape index (κ2) is 5.50. The fraction of sp³-hybridized carbons (Fsp3) is 1.00. The van der Waals surface area contributed by atoms with E-state index in [1.54, 1.807) is 0 Å². The molecule has 1 saturated heterocycles. The predicted molar refractivity (Wildman–Crippen MR) is 67.6 cm³/mol. The van der Waals surface area contributed by atoms with Gasteiger partial charge in [-0.05, 0) is 56.4 Å². The van der Waals surface area contributed by atoms with Gasteiger partial charge < -0.3 is 10.1 Å². The minimum Gasteiger partial charge on any atom is -0.381 e. The third-order valence-corrected chi connectivity index (χ3v) is 4.45. The van der Waals surface area contributed by atoms with Crippen molar-refractivity contribution in [2.75, 3.05) is 19.8 Å². The maximum Gasteiger partial charge on any atom is 0.0468 e. The van der Waals surface area contributed by atoms with Gasteiger partial charge in [-0.1, -0.05) is 13.8 Å². The lowest BCUT2D eigenvalue weighted by atomic mass is 9.77. The van der Waals surface area contributed by atoms with Gasteiger partial charge in [-0.2, -0.15) is 0 Å². The fourth-order valence-corrected chi connectivity index (χ4v) is 3.62. The lowest BCUT2D eigenvalue weighted by molar-refractivity contribution is 0.0494. The number of rotatable bonds is 4. The molecule has 2 aliphatic rings. The summed E-state index contributed by atoms with van der Waals surface area (Å²) in [6, 6.07) is 0.787. The van der Waals surface area contributed by atoms with Crippen LogP contribution in [0.4, 0.5) is 0 Å². The third kappa shape index (κ3) is 3.21. The number of ether oxygens (including phenoxy) is 1. The van der Waals surface area contributed by atoms with Gasteiger partial charge in [0.25, 0.3) is 0 Å². The zero-order valence-corrected chi connectivity index (χ0v) is 10.9. The summed E-state index contributed by atoms with van der Waals surface area (Å²) in [6.45, 7) is 7.83. The van der Waals surface area contributed by atoms with Crippen LogP contribution in [0.15, 0.2) is 0 Å². The van der Waals surface area contributed by atoms with Crippen molar-refractivity contribution in [2.45, 2.75) is 58.4 Å². The molecule has 0 aromatic heterocycles. The minimum absolute atomic E-state index is 0.606. The zero-order chi connectivity index (χ0) is 11.4. The maximum atomic E-state index is 5.44. The average molecular weight is 225 g/mol. The van der Waals surface area contributed by atoms with Crippen molar-refractivity contribution in [1.29, 1.82) is 0 Å². The minimum atomic E-state index is 0.606. The molecule has 2 heteroatoms. The molecule has 0 radical (unpaired) electrons. The molecule has 1 saturated carbocycles. The van der Waals surface area contributed by atoms with E-state index in [1.807, 2.05) is 0 Å². The maximum absolute atomic E-state index is 5.44. The van der Waals surface area contributed by atoms with Crippen molar-refractivity contribution < 1.29 is 4.74 Å². The molecule has 0 aromatic rings. The summed E-state index contributed by atoms with van der Waals surface area (Å²) >= 11 is 0. The summed E-state index contributed by atoms with van der Waals surface area (Å²) in [5.41, 5.74) is 0.606. The van der Waals surface area contributed by atoms with E-state index in [0.717, 1.165) is 31.7 Å². The molecule has 16 heavy (non-hydrogen) atoms. The van der Waals surface area contributed by atoms with E-state index in [1.165, 1.54) is 38.5 Å². The van der Waals surface area contributed by atoms with Crippen molar-refractivity contribution in [1.82, 2.24) is 5.32 Å². The molecule has 2 nitrogen and oxygen atoms in total.